The van der Waals surface area contributed by atoms with Crippen molar-refractivity contribution in [1.29, 1.82) is 0 Å². The van der Waals surface area contributed by atoms with Gasteiger partial charge in [0.25, 0.3) is 0 Å². The average molecular weight is 459 g/mol. The lowest BCUT2D eigenvalue weighted by atomic mass is 10.1. The Kier molecular flexibility index (Phi) is 7.10. The van der Waals surface area contributed by atoms with Crippen molar-refractivity contribution < 1.29 is 9.53 Å². The molecule has 0 aliphatic carbocycles. The predicted molar refractivity (Wildman–Crippen MR) is 134 cm³/mol. The van der Waals surface area contributed by atoms with Gasteiger partial charge in [0, 0.05) is 12.2 Å². The summed E-state index contributed by atoms with van der Waals surface area (Å²) >= 11 is 1.34. The van der Waals surface area contributed by atoms with E-state index in [0.29, 0.717) is 17.5 Å². The van der Waals surface area contributed by atoms with E-state index in [9.17, 15) is 4.79 Å². The van der Waals surface area contributed by atoms with E-state index in [1.54, 1.807) is 6.08 Å². The summed E-state index contributed by atoms with van der Waals surface area (Å²) in [7, 11) is 0. The molecular formula is C26H26N4O2S. The maximum absolute atomic E-state index is 12.5. The molecule has 7 heteroatoms. The van der Waals surface area contributed by atoms with Crippen LogP contribution in [0.25, 0.3) is 10.8 Å². The number of thioether (sulfide) groups is 1. The van der Waals surface area contributed by atoms with Crippen LogP contribution in [0.4, 0.5) is 5.69 Å². The smallest absolute Gasteiger partial charge is 0.234 e. The molecule has 0 aliphatic heterocycles. The normalized spacial score (nSPS) is 10.8. The Bertz CT molecular complexity index is 1280. The van der Waals surface area contributed by atoms with Crippen molar-refractivity contribution in [3.05, 3.63) is 90.3 Å². The van der Waals surface area contributed by atoms with Gasteiger partial charge in [-0.3, -0.25) is 9.36 Å². The Balaban J connectivity index is 1.40. The molecular weight excluding hydrogens is 432 g/mol. The van der Waals surface area contributed by atoms with Gasteiger partial charge in [0.15, 0.2) is 11.0 Å². The topological polar surface area (TPSA) is 69.0 Å². The number of aromatic nitrogens is 3. The highest BCUT2D eigenvalue weighted by atomic mass is 32.2. The number of carbonyl (C=O) groups is 1. The number of carbonyl (C=O) groups excluding carboxylic acids is 1. The summed E-state index contributed by atoms with van der Waals surface area (Å²) in [5.74, 6) is 1.67. The van der Waals surface area contributed by atoms with Gasteiger partial charge < -0.3 is 10.1 Å². The van der Waals surface area contributed by atoms with E-state index in [0.717, 1.165) is 33.3 Å². The zero-order valence-corrected chi connectivity index (χ0v) is 19.6. The Morgan fingerprint density at radius 2 is 1.82 bits per heavy atom. The van der Waals surface area contributed by atoms with E-state index in [1.807, 2.05) is 79.1 Å². The van der Waals surface area contributed by atoms with Crippen molar-refractivity contribution in [2.45, 2.75) is 32.2 Å². The summed E-state index contributed by atoms with van der Waals surface area (Å²) in [5, 5.41) is 14.4. The number of amides is 1. The summed E-state index contributed by atoms with van der Waals surface area (Å²) in [4.78, 5) is 12.5. The highest BCUT2D eigenvalue weighted by Crippen LogP contribution is 2.25. The van der Waals surface area contributed by atoms with Crippen molar-refractivity contribution >= 4 is 34.1 Å². The molecule has 1 N–H and O–H groups in total. The van der Waals surface area contributed by atoms with Crippen LogP contribution in [0.15, 0.2) is 78.5 Å². The molecule has 1 amide bonds. The van der Waals surface area contributed by atoms with Crippen LogP contribution in [0.5, 0.6) is 5.75 Å². The van der Waals surface area contributed by atoms with Crippen molar-refractivity contribution in [2.24, 2.45) is 0 Å². The lowest BCUT2D eigenvalue weighted by molar-refractivity contribution is -0.113. The quantitative estimate of drug-likeness (QED) is 0.263. The van der Waals surface area contributed by atoms with E-state index >= 15 is 0 Å². The second kappa shape index (κ2) is 10.4. The number of hydrogen-bond acceptors (Lipinski definition) is 5. The number of benzene rings is 3. The fourth-order valence-electron chi connectivity index (χ4n) is 3.60. The van der Waals surface area contributed by atoms with Crippen LogP contribution >= 0.6 is 11.8 Å². The lowest BCUT2D eigenvalue weighted by Gasteiger charge is -2.12. The van der Waals surface area contributed by atoms with Crippen molar-refractivity contribution in [3.8, 4) is 5.75 Å². The molecule has 0 spiro atoms. The Labute approximate surface area is 197 Å². The van der Waals surface area contributed by atoms with Gasteiger partial charge in [-0.2, -0.15) is 0 Å². The van der Waals surface area contributed by atoms with Gasteiger partial charge >= 0.3 is 0 Å². The Hall–Kier alpha value is -3.58. The molecule has 4 aromatic rings. The van der Waals surface area contributed by atoms with Crippen LogP contribution < -0.4 is 10.1 Å². The van der Waals surface area contributed by atoms with Crippen molar-refractivity contribution in [2.75, 3.05) is 11.1 Å². The SMILES string of the molecule is C=CCn1c(COc2c(C)cccc2C)nnc1SCC(=O)Nc1ccc2ccccc2c1. The molecule has 0 unspecified atom stereocenters. The molecule has 1 heterocycles. The van der Waals surface area contributed by atoms with E-state index < -0.39 is 0 Å². The van der Waals surface area contributed by atoms with Crippen LogP contribution in [-0.4, -0.2) is 26.4 Å². The lowest BCUT2D eigenvalue weighted by Crippen LogP contribution is -2.15. The van der Waals surface area contributed by atoms with Gasteiger partial charge in [-0.25, -0.2) is 0 Å². The number of aryl methyl sites for hydroxylation is 2. The van der Waals surface area contributed by atoms with E-state index in [-0.39, 0.29) is 18.3 Å². The third-order valence-electron chi connectivity index (χ3n) is 5.23. The van der Waals surface area contributed by atoms with Crippen molar-refractivity contribution in [1.82, 2.24) is 14.8 Å². The fourth-order valence-corrected chi connectivity index (χ4v) is 4.37. The molecule has 0 bridgehead atoms. The van der Waals surface area contributed by atoms with Crippen LogP contribution in [0.2, 0.25) is 0 Å². The first kappa shape index (κ1) is 22.6. The minimum atomic E-state index is -0.100. The third-order valence-corrected chi connectivity index (χ3v) is 6.19. The molecule has 0 radical (unpaired) electrons. The Morgan fingerprint density at radius 3 is 2.58 bits per heavy atom. The summed E-state index contributed by atoms with van der Waals surface area (Å²) in [6.45, 7) is 8.70. The van der Waals surface area contributed by atoms with Gasteiger partial charge in [-0.05, 0) is 47.9 Å². The van der Waals surface area contributed by atoms with Crippen molar-refractivity contribution in [3.63, 3.8) is 0 Å². The maximum Gasteiger partial charge on any atom is 0.234 e. The Morgan fingerprint density at radius 1 is 1.06 bits per heavy atom. The van der Waals surface area contributed by atoms with E-state index in [4.69, 9.17) is 4.74 Å². The van der Waals surface area contributed by atoms with Crippen LogP contribution in [0.3, 0.4) is 0 Å². The summed E-state index contributed by atoms with van der Waals surface area (Å²) in [5.41, 5.74) is 2.92. The van der Waals surface area contributed by atoms with Crippen LogP contribution in [0.1, 0.15) is 17.0 Å². The molecule has 0 fully saturated rings. The van der Waals surface area contributed by atoms with Gasteiger partial charge in [0.05, 0.1) is 5.75 Å². The van der Waals surface area contributed by atoms with E-state index in [1.165, 1.54) is 11.8 Å². The molecule has 6 nitrogen and oxygen atoms in total. The molecule has 0 atom stereocenters. The molecule has 1 aromatic heterocycles. The van der Waals surface area contributed by atoms with Gasteiger partial charge in [-0.1, -0.05) is 66.4 Å². The number of para-hydroxylation sites is 1. The first-order chi connectivity index (χ1) is 16.0. The molecule has 168 valence electrons. The monoisotopic (exact) mass is 458 g/mol. The second-order valence-corrected chi connectivity index (χ2v) is 8.65. The number of allylic oxidation sites excluding steroid dienone is 1. The van der Waals surface area contributed by atoms with Gasteiger partial charge in [0.1, 0.15) is 12.4 Å². The molecule has 3 aromatic carbocycles. The number of anilines is 1. The highest BCUT2D eigenvalue weighted by molar-refractivity contribution is 7.99. The summed E-state index contributed by atoms with van der Waals surface area (Å²) in [6.07, 6.45) is 1.78. The minimum Gasteiger partial charge on any atom is -0.485 e. The van der Waals surface area contributed by atoms with Crippen LogP contribution in [-0.2, 0) is 17.9 Å². The average Bonchev–Trinajstić information content (AvgIpc) is 3.19. The number of fused-ring (bicyclic) bond motifs is 1. The number of nitrogens with one attached hydrogen (secondary N) is 1. The second-order valence-electron chi connectivity index (χ2n) is 7.71. The molecule has 4 rings (SSSR count). The predicted octanol–water partition coefficient (Wildman–Crippen LogP) is 5.54. The zero-order chi connectivity index (χ0) is 23.2. The highest BCUT2D eigenvalue weighted by Gasteiger charge is 2.15. The maximum atomic E-state index is 12.5. The van der Waals surface area contributed by atoms with E-state index in [2.05, 4.69) is 22.1 Å². The van der Waals surface area contributed by atoms with Crippen LogP contribution in [0, 0.1) is 13.8 Å². The largest absolute Gasteiger partial charge is 0.485 e. The summed E-state index contributed by atoms with van der Waals surface area (Å²) in [6, 6.07) is 20.0. The minimum absolute atomic E-state index is 0.100. The third kappa shape index (κ3) is 5.43. The number of hydrogen-bond donors (Lipinski definition) is 1. The van der Waals surface area contributed by atoms with Gasteiger partial charge in [-0.15, -0.1) is 16.8 Å². The first-order valence-corrected chi connectivity index (χ1v) is 11.7. The number of rotatable bonds is 9. The summed E-state index contributed by atoms with van der Waals surface area (Å²) < 4.78 is 7.97. The van der Waals surface area contributed by atoms with Gasteiger partial charge in [0.2, 0.25) is 5.91 Å². The first-order valence-electron chi connectivity index (χ1n) is 10.7. The standard InChI is InChI=1S/C26H26N4O2S/c1-4-14-30-23(16-32-25-18(2)8-7-9-19(25)3)28-29-26(30)33-17-24(31)27-22-13-12-20-10-5-6-11-21(20)15-22/h4-13,15H,1,14,16-17H2,2-3H3,(H,27,31). The fraction of sp³-hybridized carbons (Fsp3) is 0.192. The molecule has 0 saturated carbocycles. The molecule has 33 heavy (non-hydrogen) atoms. The molecule has 0 aliphatic rings. The zero-order valence-electron chi connectivity index (χ0n) is 18.7. The number of nitrogens with zero attached hydrogens (tertiary/aromatic N) is 3. The molecule has 0 saturated heterocycles. The number of ether oxygens (including phenoxy) is 1.